The van der Waals surface area contributed by atoms with Crippen LogP contribution < -0.4 is 19.0 Å². The number of nitrogens with zero attached hydrogens (tertiary/aromatic N) is 2. The molecule has 5 rings (SSSR count). The Hall–Kier alpha value is -2.24. The molecule has 0 fully saturated rings. The molecule has 1 aliphatic heterocycles. The van der Waals surface area contributed by atoms with Crippen LogP contribution in [0.1, 0.15) is 69.8 Å². The van der Waals surface area contributed by atoms with E-state index in [1.165, 1.54) is 78.9 Å². The van der Waals surface area contributed by atoms with E-state index in [2.05, 4.69) is 79.1 Å². The summed E-state index contributed by atoms with van der Waals surface area (Å²) < 4.78 is 7.78. The van der Waals surface area contributed by atoms with E-state index in [1.807, 2.05) is 0 Å². The van der Waals surface area contributed by atoms with Gasteiger partial charge < -0.3 is 0 Å². The van der Waals surface area contributed by atoms with Gasteiger partial charge in [0, 0.05) is 0 Å². The number of quaternary nitrogens is 1. The van der Waals surface area contributed by atoms with E-state index in [9.17, 15) is 10.2 Å². The number of fused-ring (bicyclic) bond motifs is 2. The van der Waals surface area contributed by atoms with Gasteiger partial charge in [-0.25, -0.2) is 0 Å². The van der Waals surface area contributed by atoms with E-state index < -0.39 is 0 Å². The molecule has 0 radical (unpaired) electrons. The van der Waals surface area contributed by atoms with Crippen molar-refractivity contribution in [3.8, 4) is 0 Å². The molecule has 216 valence electrons. The molecule has 2 aromatic carbocycles. The first-order valence-corrected chi connectivity index (χ1v) is 18.6. The molecule has 2 heterocycles. The number of allylic oxidation sites excluding steroid dienone is 3. The Morgan fingerprint density at radius 2 is 1.68 bits per heavy atom. The number of hydrogen-bond acceptors (Lipinski definition) is 3. The van der Waals surface area contributed by atoms with Crippen LogP contribution in [-0.2, 0) is 6.54 Å². The van der Waals surface area contributed by atoms with Crippen LogP contribution >= 0.6 is 0 Å². The molecule has 1 aromatic heterocycles. The molecule has 3 aromatic rings. The number of aliphatic hydroxyl groups is 1. The number of aryl methyl sites for hydroxylation is 1. The van der Waals surface area contributed by atoms with Gasteiger partial charge in [-0.3, -0.25) is 0 Å². The van der Waals surface area contributed by atoms with Crippen molar-refractivity contribution in [1.29, 1.82) is 0 Å². The predicted molar refractivity (Wildman–Crippen MR) is 169 cm³/mol. The second-order valence-corrected chi connectivity index (χ2v) is 15.3. The zero-order valence-corrected chi connectivity index (χ0v) is 27.8. The molecule has 0 spiro atoms. The van der Waals surface area contributed by atoms with Crippen molar-refractivity contribution in [2.75, 3.05) is 19.7 Å². The first-order chi connectivity index (χ1) is 20.2. The number of nitrogens with one attached hydrogen (secondary N) is 1. The summed E-state index contributed by atoms with van der Waals surface area (Å²) in [5.74, 6) is 0.0940. The second kappa shape index (κ2) is 14.8. The standard InChI is InChI=1S/C34H41N3O2Se2/c1-3-5-7-13-20-36-27-15-9-11-17-29(27)40-31(36)23-25-33(35-19-22-38)26(34(25)39)24-32-37(21-14-8-6-4-2)28-16-10-12-18-30(28)41-32/h9-12,15-18,23-24,38H,3-8,13-14,19-22H2,1-2H3/p+1. The zero-order valence-electron chi connectivity index (χ0n) is 24.3. The van der Waals surface area contributed by atoms with Gasteiger partial charge in [0.05, 0.1) is 0 Å². The van der Waals surface area contributed by atoms with Gasteiger partial charge in [0.1, 0.15) is 0 Å². The normalized spacial score (nSPS) is 19.6. The van der Waals surface area contributed by atoms with Crippen molar-refractivity contribution < 1.29 is 19.7 Å². The molecule has 0 saturated carbocycles. The molecule has 1 aliphatic carbocycles. The topological polar surface area (TPSA) is 64.0 Å². The van der Waals surface area contributed by atoms with Gasteiger partial charge in [-0.2, -0.15) is 0 Å². The number of benzene rings is 2. The summed E-state index contributed by atoms with van der Waals surface area (Å²) in [7, 11) is 0. The van der Waals surface area contributed by atoms with Crippen molar-refractivity contribution in [1.82, 2.24) is 0 Å². The summed E-state index contributed by atoms with van der Waals surface area (Å²) in [6, 6.07) is 17.4. The molecule has 2 aliphatic rings. The van der Waals surface area contributed by atoms with Gasteiger partial charge in [0.15, 0.2) is 0 Å². The van der Waals surface area contributed by atoms with Crippen LogP contribution in [0.3, 0.4) is 0 Å². The molecule has 2 N–H and O–H groups in total. The van der Waals surface area contributed by atoms with Crippen molar-refractivity contribution in [2.24, 2.45) is 4.99 Å². The van der Waals surface area contributed by atoms with Gasteiger partial charge in [0.2, 0.25) is 0 Å². The molecular weight excluding hydrogens is 640 g/mol. The minimum absolute atomic E-state index is 0.0193. The Morgan fingerprint density at radius 3 is 2.49 bits per heavy atom. The van der Waals surface area contributed by atoms with Gasteiger partial charge in [0.25, 0.3) is 0 Å². The fourth-order valence-electron chi connectivity index (χ4n) is 5.61. The van der Waals surface area contributed by atoms with E-state index in [-0.39, 0.29) is 41.8 Å². The number of aromatic nitrogens is 1. The maximum absolute atomic E-state index is 13.7. The minimum atomic E-state index is -0.0193. The van der Waals surface area contributed by atoms with E-state index in [0.29, 0.717) is 12.1 Å². The van der Waals surface area contributed by atoms with Crippen LogP contribution in [0.15, 0.2) is 81.1 Å². The van der Waals surface area contributed by atoms with Crippen LogP contribution in [0.2, 0.25) is 0 Å². The summed E-state index contributed by atoms with van der Waals surface area (Å²) >= 11 is 0.340. The summed E-state index contributed by atoms with van der Waals surface area (Å²) in [4.78, 5) is 6.15. The fourth-order valence-corrected chi connectivity index (χ4v) is 10.5. The Morgan fingerprint density at radius 1 is 0.927 bits per heavy atom. The molecule has 5 nitrogen and oxygen atoms in total. The number of rotatable bonds is 14. The number of hydrogen-bond donors (Lipinski definition) is 2. The van der Waals surface area contributed by atoms with Gasteiger partial charge >= 0.3 is 258 Å². The second-order valence-electron chi connectivity index (χ2n) is 10.8. The first kappa shape index (κ1) is 30.2. The third kappa shape index (κ3) is 6.88. The SMILES string of the molecule is CCCCCC[n+]1c(C=C2C(=NCCO)C(C=C3[Se]c4ccccc4[NH+]3CCCCCC)=C2[O-])[se]c2ccccc21. The van der Waals surface area contributed by atoms with Crippen molar-refractivity contribution in [3.63, 3.8) is 0 Å². The molecule has 7 heteroatoms. The summed E-state index contributed by atoms with van der Waals surface area (Å²) in [5, 5.41) is 23.3. The summed E-state index contributed by atoms with van der Waals surface area (Å²) in [5.41, 5.74) is 4.86. The predicted octanol–water partition coefficient (Wildman–Crippen LogP) is 3.19. The van der Waals surface area contributed by atoms with E-state index in [4.69, 9.17) is 4.99 Å². The van der Waals surface area contributed by atoms with Crippen LogP contribution in [0.25, 0.3) is 15.9 Å². The quantitative estimate of drug-likeness (QED) is 0.156. The number of para-hydroxylation sites is 2. The third-order valence-corrected chi connectivity index (χ3v) is 12.6. The van der Waals surface area contributed by atoms with Gasteiger partial charge in [-0.1, -0.05) is 0 Å². The number of aliphatic imine (C=N–C) groups is 1. The third-order valence-electron chi connectivity index (χ3n) is 7.79. The fraction of sp³-hybridized carbons (Fsp3) is 0.412. The van der Waals surface area contributed by atoms with Crippen molar-refractivity contribution in [3.05, 3.63) is 80.7 Å². The van der Waals surface area contributed by atoms with Crippen LogP contribution in [0, 0.1) is 0 Å². The number of aliphatic hydroxyl groups excluding tert-OH is 1. The van der Waals surface area contributed by atoms with Crippen molar-refractivity contribution in [2.45, 2.75) is 71.8 Å². The van der Waals surface area contributed by atoms with E-state index in [1.54, 1.807) is 0 Å². The molecule has 1 atom stereocenters. The maximum atomic E-state index is 13.7. The average molecular weight is 683 g/mol. The Balaban J connectivity index is 1.49. The Kier molecular flexibility index (Phi) is 10.9. The molecule has 1 unspecified atom stereocenters. The van der Waals surface area contributed by atoms with E-state index in [0.717, 1.165) is 30.8 Å². The van der Waals surface area contributed by atoms with Crippen molar-refractivity contribution >= 4 is 61.2 Å². The summed E-state index contributed by atoms with van der Waals surface area (Å²) in [6.45, 7) is 6.82. The molecule has 0 bridgehead atoms. The first-order valence-electron chi connectivity index (χ1n) is 15.2. The number of unbranched alkanes of at least 4 members (excludes halogenated alkanes) is 6. The van der Waals surface area contributed by atoms with Gasteiger partial charge in [-0.05, 0) is 0 Å². The molecule has 41 heavy (non-hydrogen) atoms. The van der Waals surface area contributed by atoms with Crippen LogP contribution in [-0.4, -0.2) is 60.0 Å². The van der Waals surface area contributed by atoms with E-state index >= 15 is 0 Å². The Labute approximate surface area is 256 Å². The van der Waals surface area contributed by atoms with Crippen LogP contribution in [0.4, 0.5) is 5.69 Å². The Bertz CT molecular complexity index is 1480. The van der Waals surface area contributed by atoms with Gasteiger partial charge in [-0.15, -0.1) is 0 Å². The summed E-state index contributed by atoms with van der Waals surface area (Å²) in [6.07, 6.45) is 14.0. The molecular formula is C34H42N3O2Se2+. The van der Waals surface area contributed by atoms with Crippen LogP contribution in [0.5, 0.6) is 0 Å². The zero-order chi connectivity index (χ0) is 28.6. The average Bonchev–Trinajstić information content (AvgIpc) is 3.53. The molecule has 0 amide bonds. The monoisotopic (exact) mass is 684 g/mol. The molecule has 0 saturated heterocycles.